The van der Waals surface area contributed by atoms with Crippen LogP contribution in [0.2, 0.25) is 0 Å². The van der Waals surface area contributed by atoms with Crippen LogP contribution >= 0.6 is 11.3 Å². The summed E-state index contributed by atoms with van der Waals surface area (Å²) in [5, 5.41) is 4.78. The van der Waals surface area contributed by atoms with Gasteiger partial charge in [0.25, 0.3) is 5.56 Å². The molecular weight excluding hydrogens is 262 g/mol. The molecule has 1 aliphatic heterocycles. The van der Waals surface area contributed by atoms with E-state index in [1.807, 2.05) is 12.3 Å². The van der Waals surface area contributed by atoms with Crippen LogP contribution < -0.4 is 10.9 Å². The summed E-state index contributed by atoms with van der Waals surface area (Å²) in [6.45, 7) is 2.63. The molecule has 3 rings (SSSR count). The number of rotatable bonds is 1. The molecule has 0 radical (unpaired) electrons. The Kier molecular flexibility index (Phi) is 3.10. The lowest BCUT2D eigenvalue weighted by molar-refractivity contribution is -0.124. The maximum Gasteiger partial charge on any atom is 0.272 e. The van der Waals surface area contributed by atoms with E-state index in [0.717, 1.165) is 23.9 Å². The molecule has 0 aliphatic carbocycles. The van der Waals surface area contributed by atoms with Gasteiger partial charge >= 0.3 is 0 Å². The zero-order chi connectivity index (χ0) is 13.4. The maximum atomic E-state index is 12.5. The standard InChI is InChI=1S/C13H15N3O2S/c1-8-6-19-11-10(8)15-7-16(13(11)18)9-4-2-3-5-14-12(9)17/h6-7,9H,2-5H2,1H3,(H,14,17)/t9-/m1/s1. The molecule has 5 nitrogen and oxygen atoms in total. The molecule has 0 saturated carbocycles. The van der Waals surface area contributed by atoms with Crippen molar-refractivity contribution in [2.45, 2.75) is 32.2 Å². The van der Waals surface area contributed by atoms with Crippen LogP contribution in [0.5, 0.6) is 0 Å². The molecule has 1 saturated heterocycles. The van der Waals surface area contributed by atoms with Gasteiger partial charge in [-0.05, 0) is 37.1 Å². The van der Waals surface area contributed by atoms with Crippen molar-refractivity contribution >= 4 is 27.5 Å². The van der Waals surface area contributed by atoms with Crippen molar-refractivity contribution in [2.24, 2.45) is 0 Å². The maximum absolute atomic E-state index is 12.5. The fourth-order valence-electron chi connectivity index (χ4n) is 2.45. The van der Waals surface area contributed by atoms with E-state index in [1.165, 1.54) is 22.2 Å². The van der Waals surface area contributed by atoms with Crippen LogP contribution in [0.3, 0.4) is 0 Å². The monoisotopic (exact) mass is 277 g/mol. The number of aromatic nitrogens is 2. The quantitative estimate of drug-likeness (QED) is 0.861. The van der Waals surface area contributed by atoms with Gasteiger partial charge in [0.05, 0.1) is 11.8 Å². The molecule has 19 heavy (non-hydrogen) atoms. The molecule has 1 atom stereocenters. The topological polar surface area (TPSA) is 64.0 Å². The number of fused-ring (bicyclic) bond motifs is 1. The highest BCUT2D eigenvalue weighted by Gasteiger charge is 2.24. The molecule has 0 bridgehead atoms. The minimum atomic E-state index is -0.422. The molecule has 0 aromatic carbocycles. The second-order valence-corrected chi connectivity index (χ2v) is 5.74. The first kappa shape index (κ1) is 12.3. The second-order valence-electron chi connectivity index (χ2n) is 4.86. The van der Waals surface area contributed by atoms with Crippen molar-refractivity contribution in [3.05, 3.63) is 27.6 Å². The molecular formula is C13H15N3O2S. The molecule has 0 unspecified atom stereocenters. The van der Waals surface area contributed by atoms with Gasteiger partial charge in [0, 0.05) is 6.54 Å². The predicted molar refractivity (Wildman–Crippen MR) is 74.5 cm³/mol. The summed E-state index contributed by atoms with van der Waals surface area (Å²) < 4.78 is 2.12. The Morgan fingerprint density at radius 3 is 3.11 bits per heavy atom. The highest BCUT2D eigenvalue weighted by Crippen LogP contribution is 2.22. The molecule has 2 aromatic heterocycles. The Hall–Kier alpha value is -1.69. The normalized spacial score (nSPS) is 20.3. The average Bonchev–Trinajstić information content (AvgIpc) is 2.64. The van der Waals surface area contributed by atoms with Gasteiger partial charge in [-0.2, -0.15) is 0 Å². The van der Waals surface area contributed by atoms with Gasteiger partial charge in [-0.1, -0.05) is 0 Å². The van der Waals surface area contributed by atoms with Crippen molar-refractivity contribution in [1.29, 1.82) is 0 Å². The number of thiophene rings is 1. The van der Waals surface area contributed by atoms with Crippen molar-refractivity contribution < 1.29 is 4.79 Å². The van der Waals surface area contributed by atoms with Crippen LogP contribution in [-0.2, 0) is 4.79 Å². The Bertz CT molecular complexity index is 689. The summed E-state index contributed by atoms with van der Waals surface area (Å²) in [5.41, 5.74) is 1.65. The van der Waals surface area contributed by atoms with Crippen LogP contribution in [0.25, 0.3) is 10.2 Å². The number of carbonyl (C=O) groups excluding carboxylic acids is 1. The van der Waals surface area contributed by atoms with Crippen molar-refractivity contribution in [1.82, 2.24) is 14.9 Å². The molecule has 100 valence electrons. The number of nitrogens with one attached hydrogen (secondary N) is 1. The van der Waals surface area contributed by atoms with E-state index < -0.39 is 6.04 Å². The first-order valence-electron chi connectivity index (χ1n) is 6.41. The van der Waals surface area contributed by atoms with E-state index in [1.54, 1.807) is 0 Å². The highest BCUT2D eigenvalue weighted by atomic mass is 32.1. The van der Waals surface area contributed by atoms with Crippen LogP contribution in [-0.4, -0.2) is 22.0 Å². The van der Waals surface area contributed by atoms with Crippen LogP contribution in [0.1, 0.15) is 30.9 Å². The number of nitrogens with zero attached hydrogens (tertiary/aromatic N) is 2. The fraction of sp³-hybridized carbons (Fsp3) is 0.462. The van der Waals surface area contributed by atoms with Crippen LogP contribution in [0.15, 0.2) is 16.5 Å². The molecule has 3 heterocycles. The van der Waals surface area contributed by atoms with Crippen LogP contribution in [0, 0.1) is 6.92 Å². The van der Waals surface area contributed by atoms with Crippen molar-refractivity contribution in [3.63, 3.8) is 0 Å². The molecule has 0 spiro atoms. The Balaban J connectivity index is 2.11. The summed E-state index contributed by atoms with van der Waals surface area (Å²) in [4.78, 5) is 28.8. The highest BCUT2D eigenvalue weighted by molar-refractivity contribution is 7.17. The van der Waals surface area contributed by atoms with Gasteiger partial charge < -0.3 is 5.32 Å². The summed E-state index contributed by atoms with van der Waals surface area (Å²) in [5.74, 6) is -0.0750. The van der Waals surface area contributed by atoms with E-state index in [-0.39, 0.29) is 11.5 Å². The summed E-state index contributed by atoms with van der Waals surface area (Å²) >= 11 is 1.40. The number of hydrogen-bond donors (Lipinski definition) is 1. The minimum absolute atomic E-state index is 0.0750. The summed E-state index contributed by atoms with van der Waals surface area (Å²) in [6, 6.07) is -0.422. The molecule has 2 aromatic rings. The number of carbonyl (C=O) groups is 1. The summed E-state index contributed by atoms with van der Waals surface area (Å²) in [6.07, 6.45) is 4.12. The molecule has 6 heteroatoms. The average molecular weight is 277 g/mol. The SMILES string of the molecule is Cc1csc2c(=O)n([C@@H]3CCCCNC3=O)cnc12. The lowest BCUT2D eigenvalue weighted by atomic mass is 10.1. The molecule has 1 aliphatic rings. The van der Waals surface area contributed by atoms with Gasteiger partial charge in [-0.25, -0.2) is 4.98 Å². The zero-order valence-corrected chi connectivity index (χ0v) is 11.5. The third-order valence-electron chi connectivity index (χ3n) is 3.52. The second kappa shape index (κ2) is 4.77. The van der Waals surface area contributed by atoms with Gasteiger partial charge in [0.1, 0.15) is 10.7 Å². The fourth-order valence-corrected chi connectivity index (χ4v) is 3.39. The van der Waals surface area contributed by atoms with Crippen molar-refractivity contribution in [3.8, 4) is 0 Å². The van der Waals surface area contributed by atoms with Gasteiger partial charge in [0.2, 0.25) is 5.91 Å². The predicted octanol–water partition coefficient (Wildman–Crippen LogP) is 1.61. The van der Waals surface area contributed by atoms with Gasteiger partial charge in [0.15, 0.2) is 0 Å². The first-order valence-corrected chi connectivity index (χ1v) is 7.29. The van der Waals surface area contributed by atoms with E-state index in [2.05, 4.69) is 10.3 Å². The lowest BCUT2D eigenvalue weighted by Crippen LogP contribution is -2.35. The van der Waals surface area contributed by atoms with E-state index >= 15 is 0 Å². The molecule has 1 N–H and O–H groups in total. The zero-order valence-electron chi connectivity index (χ0n) is 10.7. The smallest absolute Gasteiger partial charge is 0.272 e. The van der Waals surface area contributed by atoms with E-state index in [4.69, 9.17) is 0 Å². The minimum Gasteiger partial charge on any atom is -0.354 e. The first-order chi connectivity index (χ1) is 9.18. The third-order valence-corrected chi connectivity index (χ3v) is 4.60. The van der Waals surface area contributed by atoms with Gasteiger partial charge in [-0.15, -0.1) is 11.3 Å². The molecule has 1 amide bonds. The number of amides is 1. The van der Waals surface area contributed by atoms with Crippen LogP contribution in [0.4, 0.5) is 0 Å². The Morgan fingerprint density at radius 1 is 1.42 bits per heavy atom. The van der Waals surface area contributed by atoms with Gasteiger partial charge in [-0.3, -0.25) is 14.2 Å². The Morgan fingerprint density at radius 2 is 2.26 bits per heavy atom. The Labute approximate surface area is 114 Å². The summed E-state index contributed by atoms with van der Waals surface area (Å²) in [7, 11) is 0. The van der Waals surface area contributed by atoms with Crippen molar-refractivity contribution in [2.75, 3.05) is 6.54 Å². The van der Waals surface area contributed by atoms with E-state index in [0.29, 0.717) is 17.7 Å². The molecule has 1 fully saturated rings. The number of aryl methyl sites for hydroxylation is 1. The third kappa shape index (κ3) is 2.06. The number of hydrogen-bond acceptors (Lipinski definition) is 4. The lowest BCUT2D eigenvalue weighted by Gasteiger charge is -2.15. The largest absolute Gasteiger partial charge is 0.354 e. The van der Waals surface area contributed by atoms with E-state index in [9.17, 15) is 9.59 Å².